The van der Waals surface area contributed by atoms with Crippen molar-refractivity contribution in [2.45, 2.75) is 45.2 Å². The van der Waals surface area contributed by atoms with E-state index in [0.29, 0.717) is 18.3 Å². The molecule has 104 valence electrons. The van der Waals surface area contributed by atoms with Gasteiger partial charge in [0.05, 0.1) is 5.69 Å². The predicted molar refractivity (Wildman–Crippen MR) is 71.9 cm³/mol. The number of hydrogen-bond acceptors (Lipinski definition) is 4. The Balaban J connectivity index is 2.06. The van der Waals surface area contributed by atoms with Crippen molar-refractivity contribution in [3.05, 3.63) is 23.8 Å². The summed E-state index contributed by atoms with van der Waals surface area (Å²) in [5, 5.41) is 9.13. The van der Waals surface area contributed by atoms with Crippen LogP contribution >= 0.6 is 0 Å². The Hall–Kier alpha value is -1.49. The monoisotopic (exact) mass is 263 g/mol. The maximum atomic E-state index is 11.1. The number of carbonyl (C=O) groups is 1. The fourth-order valence-corrected chi connectivity index (χ4v) is 2.83. The Bertz CT molecular complexity index is 450. The van der Waals surface area contributed by atoms with E-state index in [0.717, 1.165) is 5.92 Å². The molecule has 1 aromatic rings. The summed E-state index contributed by atoms with van der Waals surface area (Å²) in [6, 6.07) is 0.528. The van der Waals surface area contributed by atoms with Crippen LogP contribution in [0.2, 0.25) is 0 Å². The Morgan fingerprint density at radius 1 is 1.53 bits per heavy atom. The van der Waals surface area contributed by atoms with Crippen LogP contribution in [0.1, 0.15) is 48.7 Å². The van der Waals surface area contributed by atoms with Crippen LogP contribution < -0.4 is 0 Å². The molecule has 2 rings (SSSR count). The van der Waals surface area contributed by atoms with Crippen LogP contribution in [0.5, 0.6) is 0 Å². The first-order valence-electron chi connectivity index (χ1n) is 6.80. The number of carboxylic acids is 1. The normalized spacial score (nSPS) is 23.5. The molecule has 1 saturated carbocycles. The van der Waals surface area contributed by atoms with Crippen molar-refractivity contribution in [1.82, 2.24) is 14.9 Å². The van der Waals surface area contributed by atoms with Crippen molar-refractivity contribution in [2.24, 2.45) is 5.92 Å². The average molecular weight is 263 g/mol. The molecule has 5 heteroatoms. The van der Waals surface area contributed by atoms with E-state index in [-0.39, 0.29) is 5.56 Å². The van der Waals surface area contributed by atoms with Gasteiger partial charge in [-0.25, -0.2) is 14.8 Å². The van der Waals surface area contributed by atoms with Crippen molar-refractivity contribution in [1.29, 1.82) is 0 Å². The molecule has 19 heavy (non-hydrogen) atoms. The van der Waals surface area contributed by atoms with Gasteiger partial charge >= 0.3 is 5.97 Å². The van der Waals surface area contributed by atoms with Gasteiger partial charge in [0, 0.05) is 18.8 Å². The van der Waals surface area contributed by atoms with Crippen molar-refractivity contribution >= 4 is 5.97 Å². The van der Waals surface area contributed by atoms with E-state index >= 15 is 0 Å². The number of aromatic nitrogens is 2. The third-order valence-corrected chi connectivity index (χ3v) is 3.96. The molecule has 2 unspecified atom stereocenters. The van der Waals surface area contributed by atoms with Gasteiger partial charge in [-0.1, -0.05) is 19.8 Å². The highest BCUT2D eigenvalue weighted by Crippen LogP contribution is 2.27. The first-order chi connectivity index (χ1) is 9.08. The van der Waals surface area contributed by atoms with E-state index < -0.39 is 5.97 Å². The van der Waals surface area contributed by atoms with Gasteiger partial charge in [-0.05, 0) is 25.8 Å². The molecule has 0 spiro atoms. The largest absolute Gasteiger partial charge is 0.478 e. The lowest BCUT2D eigenvalue weighted by atomic mass is 9.86. The van der Waals surface area contributed by atoms with Gasteiger partial charge in [0.25, 0.3) is 0 Å². The number of hydrogen-bond donors (Lipinski definition) is 1. The molecule has 1 aromatic heterocycles. The van der Waals surface area contributed by atoms with Crippen LogP contribution in [0.3, 0.4) is 0 Å². The van der Waals surface area contributed by atoms with E-state index in [4.69, 9.17) is 5.11 Å². The maximum absolute atomic E-state index is 11.1. The van der Waals surface area contributed by atoms with E-state index in [1.165, 1.54) is 38.2 Å². The standard InChI is InChI=1S/C14H21N3O2/c1-10-4-3-5-11(6-10)17(2)8-13-12(14(18)19)7-15-9-16-13/h7,9-11H,3-6,8H2,1-2H3,(H,18,19). The summed E-state index contributed by atoms with van der Waals surface area (Å²) in [5.74, 6) is -0.202. The summed E-state index contributed by atoms with van der Waals surface area (Å²) in [5.41, 5.74) is 0.807. The van der Waals surface area contributed by atoms with E-state index in [2.05, 4.69) is 28.8 Å². The molecule has 0 aromatic carbocycles. The van der Waals surface area contributed by atoms with Crippen molar-refractivity contribution < 1.29 is 9.90 Å². The fourth-order valence-electron chi connectivity index (χ4n) is 2.83. The summed E-state index contributed by atoms with van der Waals surface area (Å²) >= 11 is 0. The molecule has 0 bridgehead atoms. The van der Waals surface area contributed by atoms with E-state index in [9.17, 15) is 4.79 Å². The van der Waals surface area contributed by atoms with Gasteiger partial charge < -0.3 is 5.11 Å². The summed E-state index contributed by atoms with van der Waals surface area (Å²) in [6.07, 6.45) is 7.73. The zero-order valence-electron chi connectivity index (χ0n) is 11.5. The zero-order chi connectivity index (χ0) is 13.8. The Morgan fingerprint density at radius 2 is 2.32 bits per heavy atom. The highest BCUT2D eigenvalue weighted by Gasteiger charge is 2.23. The lowest BCUT2D eigenvalue weighted by molar-refractivity contribution is 0.0692. The molecular formula is C14H21N3O2. The SMILES string of the molecule is CC1CCCC(N(C)Cc2ncncc2C(=O)O)C1. The maximum Gasteiger partial charge on any atom is 0.339 e. The second-order valence-electron chi connectivity index (χ2n) is 5.53. The van der Waals surface area contributed by atoms with Crippen molar-refractivity contribution in [3.63, 3.8) is 0 Å². The summed E-state index contributed by atoms with van der Waals surface area (Å²) in [4.78, 5) is 21.3. The van der Waals surface area contributed by atoms with Gasteiger partial charge in [0.1, 0.15) is 11.9 Å². The number of aromatic carboxylic acids is 1. The van der Waals surface area contributed by atoms with Crippen LogP contribution in [0.25, 0.3) is 0 Å². The van der Waals surface area contributed by atoms with Gasteiger partial charge in [-0.15, -0.1) is 0 Å². The lowest BCUT2D eigenvalue weighted by Gasteiger charge is -2.34. The second-order valence-corrected chi connectivity index (χ2v) is 5.53. The van der Waals surface area contributed by atoms with Crippen molar-refractivity contribution in [3.8, 4) is 0 Å². The van der Waals surface area contributed by atoms with E-state index in [1.807, 2.05) is 0 Å². The molecular weight excluding hydrogens is 242 g/mol. The molecule has 0 saturated heterocycles. The zero-order valence-corrected chi connectivity index (χ0v) is 11.5. The van der Waals surface area contributed by atoms with Crippen LogP contribution in [-0.2, 0) is 6.54 Å². The lowest BCUT2D eigenvalue weighted by Crippen LogP contribution is -2.35. The molecule has 1 aliphatic carbocycles. The van der Waals surface area contributed by atoms with Crippen molar-refractivity contribution in [2.75, 3.05) is 7.05 Å². The minimum absolute atomic E-state index is 0.207. The van der Waals surface area contributed by atoms with Crippen LogP contribution in [0.15, 0.2) is 12.5 Å². The molecule has 1 fully saturated rings. The number of rotatable bonds is 4. The number of nitrogens with zero attached hydrogens (tertiary/aromatic N) is 3. The van der Waals surface area contributed by atoms with Gasteiger partial charge in [-0.3, -0.25) is 4.90 Å². The van der Waals surface area contributed by atoms with Crippen LogP contribution in [-0.4, -0.2) is 39.0 Å². The average Bonchev–Trinajstić information content (AvgIpc) is 2.39. The molecule has 0 aliphatic heterocycles. The molecule has 5 nitrogen and oxygen atoms in total. The van der Waals surface area contributed by atoms with Crippen LogP contribution in [0.4, 0.5) is 0 Å². The Labute approximate surface area is 113 Å². The molecule has 2 atom stereocenters. The third-order valence-electron chi connectivity index (χ3n) is 3.96. The Kier molecular flexibility index (Phi) is 4.47. The first kappa shape index (κ1) is 13.9. The van der Waals surface area contributed by atoms with Crippen LogP contribution in [0, 0.1) is 5.92 Å². The van der Waals surface area contributed by atoms with Gasteiger partial charge in [0.15, 0.2) is 0 Å². The fraction of sp³-hybridized carbons (Fsp3) is 0.643. The highest BCUT2D eigenvalue weighted by molar-refractivity contribution is 5.88. The summed E-state index contributed by atoms with van der Waals surface area (Å²) < 4.78 is 0. The van der Waals surface area contributed by atoms with E-state index in [1.54, 1.807) is 0 Å². The second kappa shape index (κ2) is 6.10. The topological polar surface area (TPSA) is 66.3 Å². The minimum Gasteiger partial charge on any atom is -0.478 e. The molecule has 0 radical (unpaired) electrons. The first-order valence-corrected chi connectivity index (χ1v) is 6.80. The predicted octanol–water partition coefficient (Wildman–Crippen LogP) is 2.19. The molecule has 1 aliphatic rings. The highest BCUT2D eigenvalue weighted by atomic mass is 16.4. The third kappa shape index (κ3) is 3.50. The minimum atomic E-state index is -0.957. The van der Waals surface area contributed by atoms with Gasteiger partial charge in [0.2, 0.25) is 0 Å². The molecule has 1 heterocycles. The summed E-state index contributed by atoms with van der Waals surface area (Å²) in [7, 11) is 2.05. The number of carboxylic acid groups (broad SMARTS) is 1. The molecule has 0 amide bonds. The molecule has 1 N–H and O–H groups in total. The smallest absolute Gasteiger partial charge is 0.339 e. The van der Waals surface area contributed by atoms with Gasteiger partial charge in [-0.2, -0.15) is 0 Å². The quantitative estimate of drug-likeness (QED) is 0.902. The Morgan fingerprint density at radius 3 is 3.00 bits per heavy atom. The summed E-state index contributed by atoms with van der Waals surface area (Å²) in [6.45, 7) is 2.86.